The predicted molar refractivity (Wildman–Crippen MR) is 185 cm³/mol. The zero-order valence-electron chi connectivity index (χ0n) is 29.0. The topological polar surface area (TPSA) is 156 Å². The molecule has 262 valence electrons. The van der Waals surface area contributed by atoms with E-state index < -0.39 is 18.1 Å². The summed E-state index contributed by atoms with van der Waals surface area (Å²) in [6.45, 7) is 5.70. The Hall–Kier alpha value is -1.77. The Morgan fingerprint density at radius 3 is 1.93 bits per heavy atom. The van der Waals surface area contributed by atoms with Crippen LogP contribution >= 0.6 is 0 Å². The molecule has 45 heavy (non-hydrogen) atoms. The molecule has 0 aromatic rings. The number of carboxylic acid groups (broad SMARTS) is 1. The van der Waals surface area contributed by atoms with Crippen LogP contribution in [0.5, 0.6) is 0 Å². The van der Waals surface area contributed by atoms with E-state index >= 15 is 0 Å². The number of amides is 1. The number of aliphatic hydroxyl groups excluding tert-OH is 1. The van der Waals surface area contributed by atoms with Crippen molar-refractivity contribution in [3.63, 3.8) is 0 Å². The highest BCUT2D eigenvalue weighted by Gasteiger charge is 2.32. The fraction of sp³-hybridized carbons (Fsp3) is 0.865. The monoisotopic (exact) mass is 636 g/mol. The molecule has 3 aliphatic rings. The number of aliphatic hydroxyl groups is 1. The second-order valence-electron chi connectivity index (χ2n) is 14.1. The van der Waals surface area contributed by atoms with Crippen LogP contribution in [0.3, 0.4) is 0 Å². The summed E-state index contributed by atoms with van der Waals surface area (Å²) >= 11 is 0. The summed E-state index contributed by atoms with van der Waals surface area (Å²) in [6.07, 6.45) is 27.2. The largest absolute Gasteiger partial charge is 0.480 e. The molecule has 8 heteroatoms. The van der Waals surface area contributed by atoms with Crippen LogP contribution in [0.1, 0.15) is 162 Å². The van der Waals surface area contributed by atoms with Gasteiger partial charge in [0.25, 0.3) is 0 Å². The molecule has 7 N–H and O–H groups in total. The molecule has 0 spiro atoms. The van der Waals surface area contributed by atoms with Crippen LogP contribution in [0.2, 0.25) is 0 Å². The van der Waals surface area contributed by atoms with E-state index in [0.717, 1.165) is 64.2 Å². The van der Waals surface area contributed by atoms with Crippen molar-refractivity contribution in [1.29, 1.82) is 0 Å². The van der Waals surface area contributed by atoms with Gasteiger partial charge in [-0.15, -0.1) is 0 Å². The summed E-state index contributed by atoms with van der Waals surface area (Å²) in [6, 6.07) is 0.235. The molecular weight excluding hydrogens is 566 g/mol. The Balaban J connectivity index is 0.000000581. The van der Waals surface area contributed by atoms with Gasteiger partial charge in [-0.25, -0.2) is 4.79 Å². The minimum absolute atomic E-state index is 0.0600. The Morgan fingerprint density at radius 1 is 0.867 bits per heavy atom. The third kappa shape index (κ3) is 20.2. The van der Waals surface area contributed by atoms with Gasteiger partial charge in [0.05, 0.1) is 6.10 Å². The average Bonchev–Trinajstić information content (AvgIpc) is 3.36. The van der Waals surface area contributed by atoms with Crippen LogP contribution < -0.4 is 16.8 Å². The van der Waals surface area contributed by atoms with Gasteiger partial charge in [-0.1, -0.05) is 110 Å². The summed E-state index contributed by atoms with van der Waals surface area (Å²) in [7, 11) is 0. The van der Waals surface area contributed by atoms with Gasteiger partial charge in [-0.2, -0.15) is 0 Å². The minimum atomic E-state index is -0.998. The molecule has 0 bridgehead atoms. The third-order valence-corrected chi connectivity index (χ3v) is 9.56. The van der Waals surface area contributed by atoms with Crippen LogP contribution in [0.15, 0.2) is 12.2 Å². The minimum Gasteiger partial charge on any atom is -0.480 e. The van der Waals surface area contributed by atoms with Crippen LogP contribution in [0, 0.1) is 17.8 Å². The smallest absolute Gasteiger partial charge is 0.326 e. The van der Waals surface area contributed by atoms with Crippen molar-refractivity contribution in [3.8, 4) is 0 Å². The molecular formula is C37H69N3O5. The standard InChI is InChI=1S/C25H43NO5.2C6H13N/c1-4-5-8-11-20(27)16-14-19-15-17-22(28)21(19)12-9-6-7-10-13-23(29)26-24(18(2)3)25(30)31;2*7-6-4-2-1-3-5-6/h14,16,18-21,24,27H,4-13,15,17H2,1-3H3,(H,26,29)(H,30,31);2*6H,1-5,7H2/b16-14+;;/t19-,20-,21+,24?;;/m0../s1. The molecule has 3 fully saturated rings. The molecule has 1 unspecified atom stereocenters. The first-order valence-electron chi connectivity index (χ1n) is 18.5. The maximum atomic E-state index is 12.3. The van der Waals surface area contributed by atoms with Crippen molar-refractivity contribution >= 4 is 17.7 Å². The summed E-state index contributed by atoms with van der Waals surface area (Å²) in [4.78, 5) is 35.4. The predicted octanol–water partition coefficient (Wildman–Crippen LogP) is 7.20. The van der Waals surface area contributed by atoms with Crippen LogP contribution in [0.25, 0.3) is 0 Å². The first kappa shape index (κ1) is 41.3. The third-order valence-electron chi connectivity index (χ3n) is 9.56. The quantitative estimate of drug-likeness (QED) is 0.0887. The number of aliphatic carboxylic acids is 1. The lowest BCUT2D eigenvalue weighted by atomic mass is 9.89. The number of Topliss-reactive ketones (excluding diaryl/α,β-unsaturated/α-hetero) is 1. The first-order valence-corrected chi connectivity index (χ1v) is 18.5. The fourth-order valence-corrected chi connectivity index (χ4v) is 6.54. The lowest BCUT2D eigenvalue weighted by Crippen LogP contribution is -2.44. The van der Waals surface area contributed by atoms with Crippen LogP contribution in [0.4, 0.5) is 0 Å². The molecule has 0 heterocycles. The number of carboxylic acids is 1. The number of allylic oxidation sites excluding steroid dienone is 1. The molecule has 3 rings (SSSR count). The number of unbranched alkanes of at least 4 members (excludes halogenated alkanes) is 5. The maximum absolute atomic E-state index is 12.3. The molecule has 8 nitrogen and oxygen atoms in total. The second-order valence-corrected chi connectivity index (χ2v) is 14.1. The molecule has 0 aliphatic heterocycles. The van der Waals surface area contributed by atoms with Gasteiger partial charge in [0.2, 0.25) is 5.91 Å². The molecule has 0 radical (unpaired) electrons. The number of nitrogens with two attached hydrogens (primary N) is 2. The van der Waals surface area contributed by atoms with E-state index in [1.54, 1.807) is 13.8 Å². The number of carbonyl (C=O) groups excluding carboxylic acids is 2. The van der Waals surface area contributed by atoms with E-state index in [1.165, 1.54) is 64.2 Å². The highest BCUT2D eigenvalue weighted by Crippen LogP contribution is 2.34. The zero-order valence-corrected chi connectivity index (χ0v) is 29.0. The number of ketones is 1. The van der Waals surface area contributed by atoms with E-state index in [9.17, 15) is 19.5 Å². The summed E-state index contributed by atoms with van der Waals surface area (Å²) in [5.74, 6) is -0.725. The van der Waals surface area contributed by atoms with Gasteiger partial charge in [-0.3, -0.25) is 9.59 Å². The van der Waals surface area contributed by atoms with Gasteiger partial charge >= 0.3 is 5.97 Å². The van der Waals surface area contributed by atoms with E-state index in [1.807, 2.05) is 6.08 Å². The van der Waals surface area contributed by atoms with E-state index in [-0.39, 0.29) is 23.7 Å². The normalized spacial score (nSPS) is 22.3. The Kier molecular flexibility index (Phi) is 23.2. The fourth-order valence-electron chi connectivity index (χ4n) is 6.54. The average molecular weight is 636 g/mol. The molecule has 0 aromatic heterocycles. The molecule has 0 saturated heterocycles. The zero-order chi connectivity index (χ0) is 33.5. The van der Waals surface area contributed by atoms with Crippen molar-refractivity contribution in [3.05, 3.63) is 12.2 Å². The summed E-state index contributed by atoms with van der Waals surface area (Å²) in [5, 5.41) is 21.8. The molecule has 3 aliphatic carbocycles. The van der Waals surface area contributed by atoms with Crippen molar-refractivity contribution in [2.75, 3.05) is 0 Å². The van der Waals surface area contributed by atoms with Gasteiger partial charge < -0.3 is 27.0 Å². The lowest BCUT2D eigenvalue weighted by molar-refractivity contribution is -0.143. The van der Waals surface area contributed by atoms with E-state index in [0.29, 0.717) is 30.7 Å². The highest BCUT2D eigenvalue weighted by molar-refractivity contribution is 5.84. The van der Waals surface area contributed by atoms with Gasteiger partial charge in [0, 0.05) is 30.8 Å². The summed E-state index contributed by atoms with van der Waals surface area (Å²) in [5.41, 5.74) is 11.3. The van der Waals surface area contributed by atoms with Gasteiger partial charge in [0.15, 0.2) is 0 Å². The van der Waals surface area contributed by atoms with Crippen molar-refractivity contribution in [2.45, 2.75) is 186 Å². The Labute approximate surface area is 274 Å². The first-order chi connectivity index (χ1) is 21.5. The van der Waals surface area contributed by atoms with Crippen molar-refractivity contribution < 1.29 is 24.6 Å². The SMILES string of the molecule is CCCCC[C@H](O)/C=C/[C@H]1CCC(=O)[C@@H]1CCCCCCC(=O)NC(C(=O)O)C(C)C.NC1CCCCC1.NC1CCCCC1. The lowest BCUT2D eigenvalue weighted by Gasteiger charge is -2.18. The molecule has 4 atom stereocenters. The molecule has 1 amide bonds. The molecule has 3 saturated carbocycles. The van der Waals surface area contributed by atoms with Gasteiger partial charge in [0.1, 0.15) is 11.8 Å². The van der Waals surface area contributed by atoms with Gasteiger partial charge in [-0.05, 0) is 63.2 Å². The number of hydrogen-bond acceptors (Lipinski definition) is 6. The van der Waals surface area contributed by atoms with Crippen LogP contribution in [-0.4, -0.2) is 52.1 Å². The molecule has 0 aromatic carbocycles. The Bertz CT molecular complexity index is 805. The second kappa shape index (κ2) is 25.3. The number of nitrogens with one attached hydrogen (secondary N) is 1. The van der Waals surface area contributed by atoms with Crippen LogP contribution in [-0.2, 0) is 14.4 Å². The van der Waals surface area contributed by atoms with E-state index in [4.69, 9.17) is 16.6 Å². The number of carbonyl (C=O) groups is 3. The summed E-state index contributed by atoms with van der Waals surface area (Å²) < 4.78 is 0. The number of rotatable bonds is 16. The highest BCUT2D eigenvalue weighted by atomic mass is 16.4. The van der Waals surface area contributed by atoms with Crippen molar-refractivity contribution in [2.24, 2.45) is 29.2 Å². The van der Waals surface area contributed by atoms with Crippen molar-refractivity contribution in [1.82, 2.24) is 5.32 Å². The number of hydrogen-bond donors (Lipinski definition) is 5. The Morgan fingerprint density at radius 2 is 1.44 bits per heavy atom. The maximum Gasteiger partial charge on any atom is 0.326 e. The van der Waals surface area contributed by atoms with E-state index in [2.05, 4.69) is 18.3 Å².